The van der Waals surface area contributed by atoms with E-state index in [0.717, 1.165) is 46.9 Å². The molecule has 0 aliphatic heterocycles. The quantitative estimate of drug-likeness (QED) is 0.743. The number of anilines is 1. The molecule has 0 saturated heterocycles. The van der Waals surface area contributed by atoms with Crippen molar-refractivity contribution in [3.63, 3.8) is 0 Å². The fourth-order valence-electron chi connectivity index (χ4n) is 3.70. The summed E-state index contributed by atoms with van der Waals surface area (Å²) in [5.41, 5.74) is 8.22. The van der Waals surface area contributed by atoms with Crippen molar-refractivity contribution in [1.29, 1.82) is 0 Å². The third-order valence-corrected chi connectivity index (χ3v) is 4.94. The predicted molar refractivity (Wildman–Crippen MR) is 99.5 cm³/mol. The largest absolute Gasteiger partial charge is 0.456 e. The van der Waals surface area contributed by atoms with E-state index < -0.39 is 0 Å². The maximum absolute atomic E-state index is 12.5. The number of nitrogens with two attached hydrogens (primary N) is 1. The molecule has 3 N–H and O–H groups in total. The summed E-state index contributed by atoms with van der Waals surface area (Å²) < 4.78 is 5.87. The number of rotatable bonds is 3. The lowest BCUT2D eigenvalue weighted by atomic mass is 9.95. The van der Waals surface area contributed by atoms with Crippen molar-refractivity contribution in [2.75, 3.05) is 11.9 Å². The Kier molecular flexibility index (Phi) is 4.78. The minimum absolute atomic E-state index is 0. The number of fused-ring (bicyclic) bond motifs is 3. The number of nitrogens with one attached hydrogen (secondary N) is 1. The molecule has 3 aromatic rings. The Morgan fingerprint density at radius 1 is 1.12 bits per heavy atom. The predicted octanol–water partition coefficient (Wildman–Crippen LogP) is 4.32. The fraction of sp³-hybridized carbons (Fsp3) is 0.316. The lowest BCUT2D eigenvalue weighted by molar-refractivity contribution is -0.120. The summed E-state index contributed by atoms with van der Waals surface area (Å²) in [6, 6.07) is 13.8. The second-order valence-electron chi connectivity index (χ2n) is 6.33. The van der Waals surface area contributed by atoms with Crippen LogP contribution in [0, 0.1) is 11.8 Å². The van der Waals surface area contributed by atoms with E-state index in [1.165, 1.54) is 0 Å². The summed E-state index contributed by atoms with van der Waals surface area (Å²) >= 11 is 0. The van der Waals surface area contributed by atoms with Gasteiger partial charge in [-0.05, 0) is 43.5 Å². The number of benzene rings is 2. The Bertz CT molecular complexity index is 874. The van der Waals surface area contributed by atoms with E-state index in [1.54, 1.807) is 0 Å². The molecule has 24 heavy (non-hydrogen) atoms. The SMILES string of the molecule is Cl.NC[C@H]1CCC[C@H]1C(=O)Nc1ccc2c(c1)oc1ccccc12. The first-order valence-electron chi connectivity index (χ1n) is 8.18. The van der Waals surface area contributed by atoms with Gasteiger partial charge in [0.1, 0.15) is 11.2 Å². The molecule has 1 amide bonds. The molecule has 2 atom stereocenters. The molecular formula is C19H21ClN2O2. The number of para-hydroxylation sites is 1. The van der Waals surface area contributed by atoms with Gasteiger partial charge in [0.15, 0.2) is 0 Å². The van der Waals surface area contributed by atoms with E-state index in [0.29, 0.717) is 12.5 Å². The maximum Gasteiger partial charge on any atom is 0.227 e. The number of hydrogen-bond acceptors (Lipinski definition) is 3. The molecule has 2 aromatic carbocycles. The number of hydrogen-bond donors (Lipinski definition) is 2. The normalized spacial score (nSPS) is 20.2. The first kappa shape index (κ1) is 16.8. The zero-order valence-electron chi connectivity index (χ0n) is 13.3. The van der Waals surface area contributed by atoms with Crippen LogP contribution in [0.2, 0.25) is 0 Å². The van der Waals surface area contributed by atoms with Crippen molar-refractivity contribution in [2.24, 2.45) is 17.6 Å². The molecular weight excluding hydrogens is 324 g/mol. The molecule has 1 heterocycles. The highest BCUT2D eigenvalue weighted by Gasteiger charge is 2.31. The molecule has 5 heteroatoms. The molecule has 1 aliphatic rings. The second kappa shape index (κ2) is 6.83. The van der Waals surface area contributed by atoms with Crippen LogP contribution in [0.25, 0.3) is 21.9 Å². The first-order valence-corrected chi connectivity index (χ1v) is 8.18. The van der Waals surface area contributed by atoms with E-state index in [9.17, 15) is 4.79 Å². The van der Waals surface area contributed by atoms with Crippen LogP contribution in [-0.4, -0.2) is 12.5 Å². The minimum Gasteiger partial charge on any atom is -0.456 e. The lowest BCUT2D eigenvalue weighted by Gasteiger charge is -2.17. The molecule has 1 aliphatic carbocycles. The van der Waals surface area contributed by atoms with Crippen molar-refractivity contribution in [3.05, 3.63) is 42.5 Å². The fourth-order valence-corrected chi connectivity index (χ4v) is 3.70. The summed E-state index contributed by atoms with van der Waals surface area (Å²) in [6.07, 6.45) is 3.07. The van der Waals surface area contributed by atoms with Crippen molar-refractivity contribution in [3.8, 4) is 0 Å². The summed E-state index contributed by atoms with van der Waals surface area (Å²) in [5, 5.41) is 5.20. The van der Waals surface area contributed by atoms with Gasteiger partial charge in [0, 0.05) is 28.4 Å². The van der Waals surface area contributed by atoms with Gasteiger partial charge in [-0.15, -0.1) is 12.4 Å². The van der Waals surface area contributed by atoms with Gasteiger partial charge < -0.3 is 15.5 Å². The molecule has 0 radical (unpaired) electrons. The standard InChI is InChI=1S/C19H20N2O2.ClH/c20-11-12-4-3-6-14(12)19(22)21-13-8-9-16-15-5-1-2-7-17(15)23-18(16)10-13;/h1-2,5,7-10,12,14H,3-4,6,11,20H2,(H,21,22);1H/t12-,14-;/m1./s1. The third kappa shape index (κ3) is 2.87. The van der Waals surface area contributed by atoms with Crippen LogP contribution in [-0.2, 0) is 4.79 Å². The van der Waals surface area contributed by atoms with Crippen LogP contribution in [0.5, 0.6) is 0 Å². The Morgan fingerprint density at radius 2 is 1.92 bits per heavy atom. The molecule has 0 unspecified atom stereocenters. The first-order chi connectivity index (χ1) is 11.3. The molecule has 126 valence electrons. The van der Waals surface area contributed by atoms with Crippen molar-refractivity contribution < 1.29 is 9.21 Å². The number of carbonyl (C=O) groups is 1. The summed E-state index contributed by atoms with van der Waals surface area (Å²) in [5.74, 6) is 0.421. The highest BCUT2D eigenvalue weighted by molar-refractivity contribution is 6.06. The van der Waals surface area contributed by atoms with Gasteiger partial charge in [0.05, 0.1) is 0 Å². The Balaban J connectivity index is 0.00000169. The van der Waals surface area contributed by atoms with Gasteiger partial charge in [0.2, 0.25) is 5.91 Å². The summed E-state index contributed by atoms with van der Waals surface area (Å²) in [7, 11) is 0. The van der Waals surface area contributed by atoms with Gasteiger partial charge in [-0.25, -0.2) is 0 Å². The van der Waals surface area contributed by atoms with Gasteiger partial charge in [-0.1, -0.05) is 24.6 Å². The lowest BCUT2D eigenvalue weighted by Crippen LogP contribution is -2.29. The molecule has 1 aromatic heterocycles. The minimum atomic E-state index is 0. The van der Waals surface area contributed by atoms with Gasteiger partial charge >= 0.3 is 0 Å². The van der Waals surface area contributed by atoms with Crippen molar-refractivity contribution in [1.82, 2.24) is 0 Å². The van der Waals surface area contributed by atoms with E-state index >= 15 is 0 Å². The van der Waals surface area contributed by atoms with Crippen LogP contribution < -0.4 is 11.1 Å². The van der Waals surface area contributed by atoms with Crippen LogP contribution in [0.3, 0.4) is 0 Å². The topological polar surface area (TPSA) is 68.3 Å². The average Bonchev–Trinajstić information content (AvgIpc) is 3.18. The molecule has 1 fully saturated rings. The highest BCUT2D eigenvalue weighted by Crippen LogP contribution is 2.33. The maximum atomic E-state index is 12.5. The van der Waals surface area contributed by atoms with E-state index in [1.807, 2.05) is 42.5 Å². The third-order valence-electron chi connectivity index (χ3n) is 4.94. The Morgan fingerprint density at radius 3 is 2.75 bits per heavy atom. The zero-order valence-corrected chi connectivity index (χ0v) is 14.1. The van der Waals surface area contributed by atoms with Crippen molar-refractivity contribution in [2.45, 2.75) is 19.3 Å². The molecule has 0 spiro atoms. The average molecular weight is 345 g/mol. The smallest absolute Gasteiger partial charge is 0.227 e. The number of halogens is 1. The van der Waals surface area contributed by atoms with E-state index in [4.69, 9.17) is 10.2 Å². The number of amides is 1. The molecule has 4 rings (SSSR count). The van der Waals surface area contributed by atoms with Crippen LogP contribution >= 0.6 is 12.4 Å². The van der Waals surface area contributed by atoms with Gasteiger partial charge in [-0.3, -0.25) is 4.79 Å². The van der Waals surface area contributed by atoms with Crippen LogP contribution in [0.1, 0.15) is 19.3 Å². The molecule has 1 saturated carbocycles. The number of carbonyl (C=O) groups excluding carboxylic acids is 1. The van der Waals surface area contributed by atoms with Gasteiger partial charge in [0.25, 0.3) is 0 Å². The van der Waals surface area contributed by atoms with Gasteiger partial charge in [-0.2, -0.15) is 0 Å². The Labute approximate surface area is 146 Å². The van der Waals surface area contributed by atoms with E-state index in [-0.39, 0.29) is 24.2 Å². The highest BCUT2D eigenvalue weighted by atomic mass is 35.5. The second-order valence-corrected chi connectivity index (χ2v) is 6.33. The number of furan rings is 1. The monoisotopic (exact) mass is 344 g/mol. The summed E-state index contributed by atoms with van der Waals surface area (Å²) in [4.78, 5) is 12.5. The van der Waals surface area contributed by atoms with E-state index in [2.05, 4.69) is 5.32 Å². The summed E-state index contributed by atoms with van der Waals surface area (Å²) in [6.45, 7) is 0.584. The van der Waals surface area contributed by atoms with Crippen molar-refractivity contribution >= 4 is 45.9 Å². The Hall–Kier alpha value is -2.04. The van der Waals surface area contributed by atoms with Crippen LogP contribution in [0.15, 0.2) is 46.9 Å². The zero-order chi connectivity index (χ0) is 15.8. The molecule has 0 bridgehead atoms. The van der Waals surface area contributed by atoms with Crippen LogP contribution in [0.4, 0.5) is 5.69 Å². The molecule has 4 nitrogen and oxygen atoms in total.